The van der Waals surface area contributed by atoms with Gasteiger partial charge in [-0.25, -0.2) is 4.79 Å². The first-order valence-corrected chi connectivity index (χ1v) is 10.1. The number of benzene rings is 2. The van der Waals surface area contributed by atoms with E-state index < -0.39 is 42.8 Å². The molecule has 0 unspecified atom stereocenters. The summed E-state index contributed by atoms with van der Waals surface area (Å²) in [6.45, 7) is -0.475. The Kier molecular flexibility index (Phi) is 9.46. The SMILES string of the molecule is Cl.O=C(Nc1ccc(Cl)cc1)O[C@@H](CN1CCO[C@@H](c2ccc(C(F)(F)F)cc2)C1)C(F)(F)F. The third-order valence-electron chi connectivity index (χ3n) is 4.89. The molecule has 1 N–H and O–H groups in total. The van der Waals surface area contributed by atoms with Crippen molar-refractivity contribution in [3.8, 4) is 0 Å². The summed E-state index contributed by atoms with van der Waals surface area (Å²) in [6, 6.07) is 9.95. The van der Waals surface area contributed by atoms with E-state index in [1.54, 1.807) is 0 Å². The van der Waals surface area contributed by atoms with E-state index in [4.69, 9.17) is 16.3 Å². The maximum atomic E-state index is 13.5. The van der Waals surface area contributed by atoms with Gasteiger partial charge in [0.05, 0.1) is 18.3 Å². The summed E-state index contributed by atoms with van der Waals surface area (Å²) in [5.74, 6) is 0. The van der Waals surface area contributed by atoms with Gasteiger partial charge in [-0.2, -0.15) is 26.3 Å². The lowest BCUT2D eigenvalue weighted by Crippen LogP contribution is -2.48. The Labute approximate surface area is 202 Å². The summed E-state index contributed by atoms with van der Waals surface area (Å²) in [5.41, 5.74) is -0.229. The standard InChI is InChI=1S/C21H19ClF6N2O3.ClH/c22-15-5-7-16(8-6-15)29-19(31)33-18(21(26,27)28)12-30-9-10-32-17(11-30)13-1-3-14(4-2-13)20(23,24)25;/h1-8,17-18H,9-12H2,(H,29,31);1H/t17-,18+;/m1./s1. The van der Waals surface area contributed by atoms with Crippen LogP contribution in [-0.4, -0.2) is 49.5 Å². The number of anilines is 1. The van der Waals surface area contributed by atoms with E-state index in [9.17, 15) is 31.1 Å². The Morgan fingerprint density at radius 2 is 1.71 bits per heavy atom. The Morgan fingerprint density at radius 1 is 1.09 bits per heavy atom. The molecule has 0 bridgehead atoms. The van der Waals surface area contributed by atoms with Gasteiger partial charge in [0.2, 0.25) is 6.10 Å². The average Bonchev–Trinajstić information content (AvgIpc) is 2.74. The molecule has 0 saturated carbocycles. The first-order valence-electron chi connectivity index (χ1n) is 9.73. The zero-order valence-electron chi connectivity index (χ0n) is 17.3. The first kappa shape index (κ1) is 28.0. The number of carbonyl (C=O) groups is 1. The smallest absolute Gasteiger partial charge is 0.426 e. The minimum Gasteiger partial charge on any atom is -0.435 e. The van der Waals surface area contributed by atoms with Crippen LogP contribution >= 0.6 is 24.0 Å². The van der Waals surface area contributed by atoms with Crippen LogP contribution in [0.2, 0.25) is 5.02 Å². The van der Waals surface area contributed by atoms with Crippen molar-refractivity contribution in [1.82, 2.24) is 4.90 Å². The van der Waals surface area contributed by atoms with Crippen molar-refractivity contribution in [2.24, 2.45) is 0 Å². The number of hydrogen-bond acceptors (Lipinski definition) is 4. The highest BCUT2D eigenvalue weighted by molar-refractivity contribution is 6.30. The highest BCUT2D eigenvalue weighted by atomic mass is 35.5. The van der Waals surface area contributed by atoms with Gasteiger partial charge < -0.3 is 9.47 Å². The van der Waals surface area contributed by atoms with Gasteiger partial charge in [0.15, 0.2) is 0 Å². The topological polar surface area (TPSA) is 50.8 Å². The fraction of sp³-hybridized carbons (Fsp3) is 0.381. The molecule has 3 rings (SSSR count). The molecule has 1 aliphatic rings. The van der Waals surface area contributed by atoms with Crippen LogP contribution in [0.15, 0.2) is 48.5 Å². The van der Waals surface area contributed by atoms with Gasteiger partial charge in [0.1, 0.15) is 0 Å². The van der Waals surface area contributed by atoms with Crippen molar-refractivity contribution in [2.45, 2.75) is 24.6 Å². The Morgan fingerprint density at radius 3 is 2.26 bits per heavy atom. The molecule has 5 nitrogen and oxygen atoms in total. The van der Waals surface area contributed by atoms with Crippen LogP contribution in [-0.2, 0) is 15.7 Å². The molecule has 1 aliphatic heterocycles. The predicted molar refractivity (Wildman–Crippen MR) is 115 cm³/mol. The average molecular weight is 533 g/mol. The third-order valence-corrected chi connectivity index (χ3v) is 5.14. The first-order chi connectivity index (χ1) is 15.4. The minimum absolute atomic E-state index is 0. The largest absolute Gasteiger partial charge is 0.435 e. The van der Waals surface area contributed by atoms with Crippen LogP contribution in [0.5, 0.6) is 0 Å². The summed E-state index contributed by atoms with van der Waals surface area (Å²) >= 11 is 5.73. The van der Waals surface area contributed by atoms with Crippen LogP contribution in [0.1, 0.15) is 17.2 Å². The number of amides is 1. The van der Waals surface area contributed by atoms with Crippen LogP contribution in [0.3, 0.4) is 0 Å². The molecular weight excluding hydrogens is 513 g/mol. The van der Waals surface area contributed by atoms with E-state index in [2.05, 4.69) is 10.1 Å². The van der Waals surface area contributed by atoms with Gasteiger partial charge in [0, 0.05) is 30.3 Å². The summed E-state index contributed by atoms with van der Waals surface area (Å²) < 4.78 is 88.9. The quantitative estimate of drug-likeness (QED) is 0.457. The number of carbonyl (C=O) groups excluding carboxylic acids is 1. The molecule has 0 aromatic heterocycles. The van der Waals surface area contributed by atoms with Gasteiger partial charge in [-0.3, -0.25) is 10.2 Å². The van der Waals surface area contributed by atoms with Crippen LogP contribution in [0.4, 0.5) is 36.8 Å². The van der Waals surface area contributed by atoms with Crippen molar-refractivity contribution in [3.63, 3.8) is 0 Å². The zero-order chi connectivity index (χ0) is 24.2. The highest BCUT2D eigenvalue weighted by Gasteiger charge is 2.44. The van der Waals surface area contributed by atoms with Crippen molar-refractivity contribution in [1.29, 1.82) is 0 Å². The van der Waals surface area contributed by atoms with E-state index in [0.717, 1.165) is 12.1 Å². The molecular formula is C21H20Cl2F6N2O3. The molecule has 188 valence electrons. The molecule has 0 radical (unpaired) electrons. The number of rotatable bonds is 5. The van der Waals surface area contributed by atoms with E-state index in [0.29, 0.717) is 10.6 Å². The summed E-state index contributed by atoms with van der Waals surface area (Å²) in [4.78, 5) is 13.4. The third kappa shape index (κ3) is 7.93. The molecule has 1 fully saturated rings. The van der Waals surface area contributed by atoms with Crippen LogP contribution in [0.25, 0.3) is 0 Å². The van der Waals surface area contributed by atoms with Gasteiger partial charge in [-0.1, -0.05) is 23.7 Å². The summed E-state index contributed by atoms with van der Waals surface area (Å²) in [6.07, 6.45) is -13.8. The number of halogens is 8. The number of ether oxygens (including phenoxy) is 2. The highest BCUT2D eigenvalue weighted by Crippen LogP contribution is 2.32. The number of hydrogen-bond donors (Lipinski definition) is 1. The van der Waals surface area contributed by atoms with E-state index in [-0.39, 0.29) is 37.8 Å². The van der Waals surface area contributed by atoms with Gasteiger partial charge >= 0.3 is 18.4 Å². The van der Waals surface area contributed by atoms with E-state index >= 15 is 0 Å². The Balaban J connectivity index is 0.00000408. The van der Waals surface area contributed by atoms with Crippen molar-refractivity contribution >= 4 is 35.8 Å². The molecule has 0 aliphatic carbocycles. The van der Waals surface area contributed by atoms with E-state index in [1.165, 1.54) is 41.3 Å². The number of alkyl halides is 6. The molecule has 34 heavy (non-hydrogen) atoms. The Hall–Kier alpha value is -2.21. The van der Waals surface area contributed by atoms with Crippen LogP contribution < -0.4 is 5.32 Å². The fourth-order valence-corrected chi connectivity index (χ4v) is 3.33. The molecule has 2 aromatic carbocycles. The van der Waals surface area contributed by atoms with Crippen molar-refractivity contribution in [3.05, 3.63) is 64.7 Å². The summed E-state index contributed by atoms with van der Waals surface area (Å²) in [7, 11) is 0. The molecule has 1 heterocycles. The van der Waals surface area contributed by atoms with Gasteiger partial charge in [-0.05, 0) is 42.0 Å². The normalized spacial score (nSPS) is 18.0. The number of nitrogens with zero attached hydrogens (tertiary/aromatic N) is 1. The minimum atomic E-state index is -4.83. The van der Waals surface area contributed by atoms with Crippen LogP contribution in [0, 0.1) is 0 Å². The lowest BCUT2D eigenvalue weighted by atomic mass is 10.0. The molecule has 2 aromatic rings. The van der Waals surface area contributed by atoms with Gasteiger partial charge in [-0.15, -0.1) is 12.4 Å². The zero-order valence-corrected chi connectivity index (χ0v) is 18.9. The van der Waals surface area contributed by atoms with Crippen molar-refractivity contribution < 1.29 is 40.6 Å². The maximum absolute atomic E-state index is 13.5. The van der Waals surface area contributed by atoms with Crippen molar-refractivity contribution in [2.75, 3.05) is 31.6 Å². The lowest BCUT2D eigenvalue weighted by molar-refractivity contribution is -0.209. The number of nitrogens with one attached hydrogen (secondary N) is 1. The molecule has 13 heteroatoms. The predicted octanol–water partition coefficient (Wildman–Crippen LogP) is 6.33. The second kappa shape index (κ2) is 11.5. The van der Waals surface area contributed by atoms with E-state index in [1.807, 2.05) is 0 Å². The van der Waals surface area contributed by atoms with Gasteiger partial charge in [0.25, 0.3) is 0 Å². The Bertz CT molecular complexity index is 940. The maximum Gasteiger partial charge on any atom is 0.426 e. The molecule has 2 atom stereocenters. The fourth-order valence-electron chi connectivity index (χ4n) is 3.21. The number of morpholine rings is 1. The molecule has 1 amide bonds. The second-order valence-corrected chi connectivity index (χ2v) is 7.74. The molecule has 1 saturated heterocycles. The summed E-state index contributed by atoms with van der Waals surface area (Å²) in [5, 5.41) is 2.59. The lowest BCUT2D eigenvalue weighted by Gasteiger charge is -2.35. The second-order valence-electron chi connectivity index (χ2n) is 7.31. The molecule has 0 spiro atoms. The monoisotopic (exact) mass is 532 g/mol.